The number of benzene rings is 1. The maximum atomic E-state index is 12.0. The van der Waals surface area contributed by atoms with Gasteiger partial charge >= 0.3 is 5.97 Å². The first kappa shape index (κ1) is 15.5. The fraction of sp³-hybridized carbons (Fsp3) is 0.385. The smallest absolute Gasteiger partial charge is 0.337 e. The zero-order chi connectivity index (χ0) is 14.6. The summed E-state index contributed by atoms with van der Waals surface area (Å²) in [5.41, 5.74) is 5.31. The van der Waals surface area contributed by atoms with Crippen LogP contribution in [-0.2, 0) is 4.79 Å². The second kappa shape index (κ2) is 6.04. The van der Waals surface area contributed by atoms with Gasteiger partial charge < -0.3 is 16.2 Å². The van der Waals surface area contributed by atoms with Gasteiger partial charge in [0.1, 0.15) is 0 Å². The van der Waals surface area contributed by atoms with Gasteiger partial charge in [-0.05, 0) is 31.0 Å². The van der Waals surface area contributed by atoms with E-state index in [0.717, 1.165) is 0 Å². The van der Waals surface area contributed by atoms with Crippen LogP contribution >= 0.6 is 11.6 Å². The van der Waals surface area contributed by atoms with Crippen LogP contribution in [0, 0.1) is 0 Å². The van der Waals surface area contributed by atoms with E-state index in [1.807, 2.05) is 13.8 Å². The Morgan fingerprint density at radius 3 is 2.42 bits per heavy atom. The van der Waals surface area contributed by atoms with E-state index in [9.17, 15) is 9.59 Å². The highest BCUT2D eigenvalue weighted by molar-refractivity contribution is 6.33. The molecule has 1 aromatic carbocycles. The number of anilines is 1. The Morgan fingerprint density at radius 1 is 1.37 bits per heavy atom. The van der Waals surface area contributed by atoms with Crippen LogP contribution in [0.2, 0.25) is 5.02 Å². The lowest BCUT2D eigenvalue weighted by Crippen LogP contribution is -2.50. The molecule has 0 saturated carbocycles. The third-order valence-corrected chi connectivity index (χ3v) is 3.50. The fourth-order valence-corrected chi connectivity index (χ4v) is 1.79. The Bertz CT molecular complexity index is 499. The van der Waals surface area contributed by atoms with Gasteiger partial charge in [-0.15, -0.1) is 0 Å². The minimum Gasteiger partial charge on any atom is -0.478 e. The van der Waals surface area contributed by atoms with E-state index in [-0.39, 0.29) is 16.5 Å². The molecule has 0 unspecified atom stereocenters. The van der Waals surface area contributed by atoms with Crippen LogP contribution in [0.3, 0.4) is 0 Å². The highest BCUT2D eigenvalue weighted by atomic mass is 35.5. The monoisotopic (exact) mass is 284 g/mol. The Morgan fingerprint density at radius 2 is 1.95 bits per heavy atom. The summed E-state index contributed by atoms with van der Waals surface area (Å²) >= 11 is 5.75. The SMILES string of the molecule is CCC(N)(CC)C(=O)Nc1ccc(Cl)c(C(=O)O)c1. The number of nitrogens with two attached hydrogens (primary N) is 1. The maximum absolute atomic E-state index is 12.0. The van der Waals surface area contributed by atoms with Gasteiger partial charge in [0.25, 0.3) is 0 Å². The minimum atomic E-state index is -1.15. The fourth-order valence-electron chi connectivity index (χ4n) is 1.59. The van der Waals surface area contributed by atoms with Crippen molar-refractivity contribution in [3.63, 3.8) is 0 Å². The molecule has 1 amide bonds. The van der Waals surface area contributed by atoms with Gasteiger partial charge in [0.05, 0.1) is 16.1 Å². The van der Waals surface area contributed by atoms with Crippen LogP contribution in [0.5, 0.6) is 0 Å². The standard InChI is InChI=1S/C13H17ClN2O3/c1-3-13(15,4-2)12(19)16-8-5-6-10(14)9(7-8)11(17)18/h5-7H,3-4,15H2,1-2H3,(H,16,19)(H,17,18). The quantitative estimate of drug-likeness (QED) is 0.774. The maximum Gasteiger partial charge on any atom is 0.337 e. The highest BCUT2D eigenvalue weighted by Gasteiger charge is 2.30. The van der Waals surface area contributed by atoms with E-state index in [4.69, 9.17) is 22.4 Å². The van der Waals surface area contributed by atoms with E-state index >= 15 is 0 Å². The molecule has 0 aromatic heterocycles. The third kappa shape index (κ3) is 3.45. The number of rotatable bonds is 5. The van der Waals surface area contributed by atoms with Crippen LogP contribution in [0.15, 0.2) is 18.2 Å². The molecule has 0 bridgehead atoms. The van der Waals surface area contributed by atoms with Gasteiger partial charge in [0.15, 0.2) is 0 Å². The topological polar surface area (TPSA) is 92.4 Å². The van der Waals surface area contributed by atoms with Crippen molar-refractivity contribution < 1.29 is 14.7 Å². The first-order valence-corrected chi connectivity index (χ1v) is 6.35. The molecule has 0 fully saturated rings. The van der Waals surface area contributed by atoms with E-state index in [1.54, 1.807) is 6.07 Å². The summed E-state index contributed by atoms with van der Waals surface area (Å²) in [6.07, 6.45) is 0.990. The number of hydrogen-bond donors (Lipinski definition) is 3. The number of hydrogen-bond acceptors (Lipinski definition) is 3. The Hall–Kier alpha value is -1.59. The number of carboxylic acids is 1. The Balaban J connectivity index is 2.98. The van der Waals surface area contributed by atoms with Crippen molar-refractivity contribution >= 4 is 29.2 Å². The molecule has 19 heavy (non-hydrogen) atoms. The van der Waals surface area contributed by atoms with Crippen LogP contribution in [0.25, 0.3) is 0 Å². The first-order valence-electron chi connectivity index (χ1n) is 5.97. The third-order valence-electron chi connectivity index (χ3n) is 3.17. The average Bonchev–Trinajstić information content (AvgIpc) is 2.39. The van der Waals surface area contributed by atoms with E-state index in [2.05, 4.69) is 5.32 Å². The van der Waals surface area contributed by atoms with E-state index in [1.165, 1.54) is 12.1 Å². The van der Waals surface area contributed by atoms with Crippen molar-refractivity contribution in [3.05, 3.63) is 28.8 Å². The summed E-state index contributed by atoms with van der Waals surface area (Å²) in [4.78, 5) is 23.0. The largest absolute Gasteiger partial charge is 0.478 e. The number of carbonyl (C=O) groups excluding carboxylic acids is 1. The lowest BCUT2D eigenvalue weighted by molar-refractivity contribution is -0.121. The van der Waals surface area contributed by atoms with Crippen molar-refractivity contribution in [3.8, 4) is 0 Å². The van der Waals surface area contributed by atoms with Gasteiger partial charge in [0, 0.05) is 5.69 Å². The number of halogens is 1. The molecule has 4 N–H and O–H groups in total. The predicted octanol–water partition coefficient (Wildman–Crippen LogP) is 2.49. The summed E-state index contributed by atoms with van der Waals surface area (Å²) in [6.45, 7) is 3.65. The normalized spacial score (nSPS) is 11.2. The number of carbonyl (C=O) groups is 2. The molecule has 5 nitrogen and oxygen atoms in total. The number of nitrogens with one attached hydrogen (secondary N) is 1. The van der Waals surface area contributed by atoms with Crippen LogP contribution in [-0.4, -0.2) is 22.5 Å². The molecule has 0 spiro atoms. The summed E-state index contributed by atoms with van der Waals surface area (Å²) in [5, 5.41) is 11.7. The molecule has 0 aliphatic carbocycles. The molecule has 0 saturated heterocycles. The van der Waals surface area contributed by atoms with Crippen molar-refractivity contribution in [1.29, 1.82) is 0 Å². The van der Waals surface area contributed by atoms with Gasteiger partial charge in [0.2, 0.25) is 5.91 Å². The van der Waals surface area contributed by atoms with Gasteiger partial charge in [-0.1, -0.05) is 25.4 Å². The summed E-state index contributed by atoms with van der Waals surface area (Å²) in [6, 6.07) is 4.28. The Kier molecular flexibility index (Phi) is 4.91. The zero-order valence-corrected chi connectivity index (χ0v) is 11.6. The Labute approximate surface area is 116 Å². The summed E-state index contributed by atoms with van der Waals surface area (Å²) < 4.78 is 0. The first-order chi connectivity index (χ1) is 8.84. The van der Waals surface area contributed by atoms with Gasteiger partial charge in [-0.3, -0.25) is 4.79 Å². The molecular formula is C13H17ClN2O3. The van der Waals surface area contributed by atoms with Crippen molar-refractivity contribution in [2.24, 2.45) is 5.73 Å². The molecule has 0 heterocycles. The number of aromatic carboxylic acids is 1. The van der Waals surface area contributed by atoms with Crippen LogP contribution < -0.4 is 11.1 Å². The zero-order valence-electron chi connectivity index (χ0n) is 10.9. The number of amides is 1. The van der Waals surface area contributed by atoms with E-state index in [0.29, 0.717) is 18.5 Å². The van der Waals surface area contributed by atoms with Gasteiger partial charge in [-0.2, -0.15) is 0 Å². The van der Waals surface area contributed by atoms with Crippen LogP contribution in [0.4, 0.5) is 5.69 Å². The number of carboxylic acid groups (broad SMARTS) is 1. The molecule has 0 atom stereocenters. The van der Waals surface area contributed by atoms with Crippen molar-refractivity contribution in [1.82, 2.24) is 0 Å². The molecule has 1 rings (SSSR count). The second-order valence-electron chi connectivity index (χ2n) is 4.32. The molecular weight excluding hydrogens is 268 g/mol. The second-order valence-corrected chi connectivity index (χ2v) is 4.72. The summed E-state index contributed by atoms with van der Waals surface area (Å²) in [7, 11) is 0. The van der Waals surface area contributed by atoms with Crippen molar-refractivity contribution in [2.45, 2.75) is 32.2 Å². The molecule has 1 aromatic rings. The predicted molar refractivity (Wildman–Crippen MR) is 74.5 cm³/mol. The molecule has 0 radical (unpaired) electrons. The summed E-state index contributed by atoms with van der Waals surface area (Å²) in [5.74, 6) is -1.48. The molecule has 6 heteroatoms. The van der Waals surface area contributed by atoms with Crippen LogP contribution in [0.1, 0.15) is 37.0 Å². The minimum absolute atomic E-state index is 0.0601. The average molecular weight is 285 g/mol. The molecule has 0 aliphatic rings. The lowest BCUT2D eigenvalue weighted by atomic mass is 9.93. The molecule has 104 valence electrons. The van der Waals surface area contributed by atoms with E-state index < -0.39 is 11.5 Å². The molecule has 0 aliphatic heterocycles. The highest BCUT2D eigenvalue weighted by Crippen LogP contribution is 2.22. The van der Waals surface area contributed by atoms with Gasteiger partial charge in [-0.25, -0.2) is 4.79 Å². The van der Waals surface area contributed by atoms with Crippen molar-refractivity contribution in [2.75, 3.05) is 5.32 Å². The lowest BCUT2D eigenvalue weighted by Gasteiger charge is -2.25.